The largest absolute Gasteiger partial charge is 0.369 e. The Balaban J connectivity index is 2.00. The smallest absolute Gasteiger partial charge is 0.196 e. The van der Waals surface area contributed by atoms with Crippen LogP contribution in [0.25, 0.3) is 0 Å². The van der Waals surface area contributed by atoms with Gasteiger partial charge in [-0.2, -0.15) is 0 Å². The SMILES string of the molecule is NC1=NCC(c2cccs2)N1c1ccc(Cl)c(Br)c1. The number of aliphatic imine (C=N–C) groups is 1. The number of benzene rings is 1. The van der Waals surface area contributed by atoms with Gasteiger partial charge in [0, 0.05) is 15.0 Å². The number of halogens is 2. The van der Waals surface area contributed by atoms with Gasteiger partial charge in [0.15, 0.2) is 5.96 Å². The van der Waals surface area contributed by atoms with Gasteiger partial charge in [0.25, 0.3) is 0 Å². The Labute approximate surface area is 128 Å². The minimum Gasteiger partial charge on any atom is -0.369 e. The molecule has 1 aromatic heterocycles. The maximum Gasteiger partial charge on any atom is 0.196 e. The van der Waals surface area contributed by atoms with Crippen molar-refractivity contribution in [1.29, 1.82) is 0 Å². The van der Waals surface area contributed by atoms with E-state index in [1.54, 1.807) is 11.3 Å². The first-order valence-corrected chi connectivity index (χ1v) is 7.79. The van der Waals surface area contributed by atoms with Crippen LogP contribution in [-0.2, 0) is 0 Å². The normalized spacial score (nSPS) is 18.7. The van der Waals surface area contributed by atoms with Crippen LogP contribution in [0.4, 0.5) is 5.69 Å². The number of hydrogen-bond acceptors (Lipinski definition) is 4. The first-order chi connectivity index (χ1) is 9.16. The second kappa shape index (κ2) is 5.15. The van der Waals surface area contributed by atoms with Crippen molar-refractivity contribution in [2.75, 3.05) is 11.4 Å². The molecule has 0 bridgehead atoms. The predicted molar refractivity (Wildman–Crippen MR) is 85.2 cm³/mol. The average Bonchev–Trinajstić information content (AvgIpc) is 3.01. The van der Waals surface area contributed by atoms with Crippen molar-refractivity contribution in [2.45, 2.75) is 6.04 Å². The Morgan fingerprint density at radius 2 is 2.26 bits per heavy atom. The summed E-state index contributed by atoms with van der Waals surface area (Å²) in [5.74, 6) is 0.549. The fourth-order valence-corrected chi connectivity index (χ4v) is 3.44. The summed E-state index contributed by atoms with van der Waals surface area (Å²) in [5.41, 5.74) is 7.02. The van der Waals surface area contributed by atoms with Gasteiger partial charge in [0.1, 0.15) is 0 Å². The highest BCUT2D eigenvalue weighted by atomic mass is 79.9. The van der Waals surface area contributed by atoms with Crippen molar-refractivity contribution in [3.05, 3.63) is 50.1 Å². The van der Waals surface area contributed by atoms with E-state index in [2.05, 4.69) is 32.4 Å². The third-order valence-electron chi connectivity index (χ3n) is 3.04. The molecule has 2 aromatic rings. The molecule has 6 heteroatoms. The number of hydrogen-bond donors (Lipinski definition) is 1. The van der Waals surface area contributed by atoms with Crippen LogP contribution >= 0.6 is 38.9 Å². The molecule has 1 unspecified atom stereocenters. The van der Waals surface area contributed by atoms with E-state index in [1.807, 2.05) is 29.2 Å². The van der Waals surface area contributed by atoms with E-state index in [-0.39, 0.29) is 6.04 Å². The summed E-state index contributed by atoms with van der Waals surface area (Å²) in [5, 5.41) is 2.76. The lowest BCUT2D eigenvalue weighted by molar-refractivity contribution is 0.784. The zero-order chi connectivity index (χ0) is 13.4. The first-order valence-electron chi connectivity index (χ1n) is 5.74. The Morgan fingerprint density at radius 1 is 1.42 bits per heavy atom. The van der Waals surface area contributed by atoms with Crippen molar-refractivity contribution in [1.82, 2.24) is 0 Å². The minimum atomic E-state index is 0.174. The van der Waals surface area contributed by atoms with Gasteiger partial charge in [0.05, 0.1) is 17.6 Å². The summed E-state index contributed by atoms with van der Waals surface area (Å²) in [7, 11) is 0. The molecule has 1 atom stereocenters. The highest BCUT2D eigenvalue weighted by Crippen LogP contribution is 2.36. The van der Waals surface area contributed by atoms with Crippen LogP contribution in [0.3, 0.4) is 0 Å². The number of thiophene rings is 1. The number of anilines is 1. The highest BCUT2D eigenvalue weighted by Gasteiger charge is 2.29. The molecular formula is C13H11BrClN3S. The van der Waals surface area contributed by atoms with Crippen LogP contribution in [0.15, 0.2) is 45.2 Å². The molecule has 2 N–H and O–H groups in total. The van der Waals surface area contributed by atoms with E-state index in [9.17, 15) is 0 Å². The van der Waals surface area contributed by atoms with Crippen molar-refractivity contribution < 1.29 is 0 Å². The number of guanidine groups is 1. The molecule has 98 valence electrons. The summed E-state index contributed by atoms with van der Waals surface area (Å²) in [6.45, 7) is 0.687. The van der Waals surface area contributed by atoms with Gasteiger partial charge >= 0.3 is 0 Å². The van der Waals surface area contributed by atoms with E-state index in [0.717, 1.165) is 10.2 Å². The average molecular weight is 357 g/mol. The van der Waals surface area contributed by atoms with Crippen LogP contribution in [0.1, 0.15) is 10.9 Å². The van der Waals surface area contributed by atoms with Gasteiger partial charge in [-0.15, -0.1) is 11.3 Å². The quantitative estimate of drug-likeness (QED) is 0.882. The van der Waals surface area contributed by atoms with E-state index in [1.165, 1.54) is 4.88 Å². The van der Waals surface area contributed by atoms with Crippen molar-refractivity contribution in [3.8, 4) is 0 Å². The molecule has 0 spiro atoms. The molecule has 0 radical (unpaired) electrons. The monoisotopic (exact) mass is 355 g/mol. The summed E-state index contributed by atoms with van der Waals surface area (Å²) >= 11 is 11.2. The second-order valence-electron chi connectivity index (χ2n) is 4.20. The van der Waals surface area contributed by atoms with Crippen molar-refractivity contribution >= 4 is 50.5 Å². The van der Waals surface area contributed by atoms with Gasteiger partial charge < -0.3 is 10.6 Å². The molecule has 3 nitrogen and oxygen atoms in total. The number of rotatable bonds is 2. The fourth-order valence-electron chi connectivity index (χ4n) is 2.14. The van der Waals surface area contributed by atoms with Crippen LogP contribution in [0.5, 0.6) is 0 Å². The Kier molecular flexibility index (Phi) is 3.52. The molecule has 0 saturated heterocycles. The Morgan fingerprint density at radius 3 is 2.95 bits per heavy atom. The van der Waals surface area contributed by atoms with E-state index in [0.29, 0.717) is 17.5 Å². The Bertz CT molecular complexity index is 627. The van der Waals surface area contributed by atoms with Crippen LogP contribution in [-0.4, -0.2) is 12.5 Å². The van der Waals surface area contributed by atoms with Crippen molar-refractivity contribution in [2.24, 2.45) is 10.7 Å². The lowest BCUT2D eigenvalue weighted by Crippen LogP contribution is -2.35. The number of nitrogens with two attached hydrogens (primary N) is 1. The molecule has 3 rings (SSSR count). The third-order valence-corrected chi connectivity index (χ3v) is 5.23. The molecule has 0 amide bonds. The lowest BCUT2D eigenvalue weighted by atomic mass is 10.2. The predicted octanol–water partition coefficient (Wildman–Crippen LogP) is 4.04. The van der Waals surface area contributed by atoms with Crippen molar-refractivity contribution in [3.63, 3.8) is 0 Å². The zero-order valence-electron chi connectivity index (χ0n) is 9.88. The molecule has 2 heterocycles. The van der Waals surface area contributed by atoms with Crippen LogP contribution in [0, 0.1) is 0 Å². The summed E-state index contributed by atoms with van der Waals surface area (Å²) in [6.07, 6.45) is 0. The van der Waals surface area contributed by atoms with Gasteiger partial charge in [-0.05, 0) is 45.6 Å². The second-order valence-corrected chi connectivity index (χ2v) is 6.44. The zero-order valence-corrected chi connectivity index (χ0v) is 13.0. The highest BCUT2D eigenvalue weighted by molar-refractivity contribution is 9.10. The molecule has 1 aliphatic rings. The van der Waals surface area contributed by atoms with Crippen LogP contribution in [0.2, 0.25) is 5.02 Å². The van der Waals surface area contributed by atoms with Crippen LogP contribution < -0.4 is 10.6 Å². The summed E-state index contributed by atoms with van der Waals surface area (Å²) in [4.78, 5) is 7.67. The summed E-state index contributed by atoms with van der Waals surface area (Å²) in [6, 6.07) is 10.1. The maximum atomic E-state index is 6.03. The van der Waals surface area contributed by atoms with E-state index >= 15 is 0 Å². The maximum absolute atomic E-state index is 6.03. The lowest BCUT2D eigenvalue weighted by Gasteiger charge is -2.25. The standard InChI is InChI=1S/C13H11BrClN3S/c14-9-6-8(3-4-10(9)15)18-11(7-17-13(18)16)12-2-1-5-19-12/h1-6,11H,7H2,(H2,16,17). The fraction of sp³-hybridized carbons (Fsp3) is 0.154. The van der Waals surface area contributed by atoms with E-state index < -0.39 is 0 Å². The van der Waals surface area contributed by atoms with Gasteiger partial charge in [0.2, 0.25) is 0 Å². The third kappa shape index (κ3) is 2.38. The summed E-state index contributed by atoms with van der Waals surface area (Å²) < 4.78 is 0.858. The molecular weight excluding hydrogens is 346 g/mol. The first kappa shape index (κ1) is 13.0. The minimum absolute atomic E-state index is 0.174. The molecule has 19 heavy (non-hydrogen) atoms. The Hall–Kier alpha value is -1.04. The van der Waals surface area contributed by atoms with Gasteiger partial charge in [-0.25, -0.2) is 0 Å². The molecule has 1 aliphatic heterocycles. The number of nitrogens with zero attached hydrogens (tertiary/aromatic N) is 2. The topological polar surface area (TPSA) is 41.6 Å². The van der Waals surface area contributed by atoms with Gasteiger partial charge in [-0.1, -0.05) is 17.7 Å². The van der Waals surface area contributed by atoms with E-state index in [4.69, 9.17) is 17.3 Å². The molecule has 0 aliphatic carbocycles. The molecule has 1 aromatic carbocycles. The molecule has 0 saturated carbocycles. The van der Waals surface area contributed by atoms with Gasteiger partial charge in [-0.3, -0.25) is 4.99 Å². The molecule has 0 fully saturated rings.